The topological polar surface area (TPSA) is 101 Å². The summed E-state index contributed by atoms with van der Waals surface area (Å²) in [5.74, 6) is 1.09. The van der Waals surface area contributed by atoms with Crippen molar-refractivity contribution < 1.29 is 9.13 Å². The second kappa shape index (κ2) is 10.8. The number of guanidine groups is 1. The number of hydrogen-bond donors (Lipinski definition) is 2. The van der Waals surface area contributed by atoms with Crippen molar-refractivity contribution in [2.45, 2.75) is 6.61 Å². The number of aliphatic imine (C=N–C) groups is 1. The summed E-state index contributed by atoms with van der Waals surface area (Å²) in [6.45, 7) is 0.204. The van der Waals surface area contributed by atoms with Gasteiger partial charge in [-0.15, -0.1) is 0 Å². The summed E-state index contributed by atoms with van der Waals surface area (Å²) in [6, 6.07) is 17.3. The van der Waals surface area contributed by atoms with E-state index >= 15 is 0 Å². The fraction of sp³-hybridized carbons (Fsp3) is 0.120. The van der Waals surface area contributed by atoms with Crippen LogP contribution in [-0.2, 0) is 6.61 Å². The van der Waals surface area contributed by atoms with Gasteiger partial charge in [-0.1, -0.05) is 29.8 Å². The number of fused-ring (bicyclic) bond motifs is 1. The molecule has 0 amide bonds. The van der Waals surface area contributed by atoms with Crippen LogP contribution in [0.2, 0.25) is 5.02 Å². The van der Waals surface area contributed by atoms with Crippen LogP contribution in [0, 0.1) is 5.82 Å². The van der Waals surface area contributed by atoms with Crippen LogP contribution < -0.4 is 15.8 Å². The molecule has 3 aromatic carbocycles. The normalized spacial score (nSPS) is 11.7. The zero-order valence-electron chi connectivity index (χ0n) is 19.1. The van der Waals surface area contributed by atoms with Gasteiger partial charge in [0.2, 0.25) is 5.96 Å². The van der Waals surface area contributed by atoms with E-state index < -0.39 is 0 Å². The molecule has 1 aromatic heterocycles. The number of nitrogens with one attached hydrogen (secondary N) is 1. The van der Waals surface area contributed by atoms with E-state index in [4.69, 9.17) is 22.1 Å². The van der Waals surface area contributed by atoms with E-state index in [1.165, 1.54) is 23.5 Å². The summed E-state index contributed by atoms with van der Waals surface area (Å²) in [5.41, 5.74) is 8.80. The van der Waals surface area contributed by atoms with Crippen LogP contribution in [0.5, 0.6) is 5.75 Å². The van der Waals surface area contributed by atoms with E-state index in [0.29, 0.717) is 28.1 Å². The van der Waals surface area contributed by atoms with Crippen LogP contribution >= 0.6 is 11.6 Å². The second-order valence-corrected chi connectivity index (χ2v) is 7.94. The minimum absolute atomic E-state index is 0.204. The lowest BCUT2D eigenvalue weighted by atomic mass is 10.1. The number of hydrogen-bond acceptors (Lipinski definition) is 6. The minimum atomic E-state index is -0.311. The predicted molar refractivity (Wildman–Crippen MR) is 138 cm³/mol. The third-order valence-electron chi connectivity index (χ3n) is 5.08. The SMILES string of the molecule is CN=C(N)N(C)N=Cc1ccc2ncnc(Nc3ccc(OCc4cccc(F)c4)c(Cl)c3)c2c1. The molecular weight excluding hydrogens is 469 g/mol. The van der Waals surface area contributed by atoms with Gasteiger partial charge in [0.15, 0.2) is 0 Å². The summed E-state index contributed by atoms with van der Waals surface area (Å²) >= 11 is 6.43. The fourth-order valence-electron chi connectivity index (χ4n) is 3.23. The average Bonchev–Trinajstić information content (AvgIpc) is 2.86. The molecule has 0 aliphatic carbocycles. The van der Waals surface area contributed by atoms with Crippen molar-refractivity contribution in [3.05, 3.63) is 89.0 Å². The molecule has 0 aliphatic rings. The number of benzene rings is 3. The lowest BCUT2D eigenvalue weighted by molar-refractivity contribution is 0.306. The van der Waals surface area contributed by atoms with E-state index in [-0.39, 0.29) is 12.4 Å². The highest BCUT2D eigenvalue weighted by Crippen LogP contribution is 2.31. The molecule has 0 unspecified atom stereocenters. The number of ether oxygens (including phenoxy) is 1. The van der Waals surface area contributed by atoms with E-state index in [1.54, 1.807) is 44.6 Å². The van der Waals surface area contributed by atoms with Crippen LogP contribution in [0.4, 0.5) is 15.9 Å². The van der Waals surface area contributed by atoms with Crippen molar-refractivity contribution in [2.75, 3.05) is 19.4 Å². The Labute approximate surface area is 206 Å². The van der Waals surface area contributed by atoms with Crippen molar-refractivity contribution in [1.29, 1.82) is 0 Å². The maximum absolute atomic E-state index is 13.4. The lowest BCUT2D eigenvalue weighted by Crippen LogP contribution is -2.29. The maximum Gasteiger partial charge on any atom is 0.211 e. The molecule has 4 rings (SSSR count). The Kier molecular flexibility index (Phi) is 7.37. The highest BCUT2D eigenvalue weighted by atomic mass is 35.5. The first-order chi connectivity index (χ1) is 16.9. The van der Waals surface area contributed by atoms with Gasteiger partial charge in [0.1, 0.15) is 30.3 Å². The number of nitrogens with two attached hydrogens (primary N) is 1. The molecular formula is C25H23ClFN7O. The summed E-state index contributed by atoms with van der Waals surface area (Å²) in [6.07, 6.45) is 3.17. The molecule has 35 heavy (non-hydrogen) atoms. The zero-order chi connectivity index (χ0) is 24.8. The Morgan fingerprint density at radius 3 is 2.80 bits per heavy atom. The molecule has 10 heteroatoms. The smallest absolute Gasteiger partial charge is 0.211 e. The van der Waals surface area contributed by atoms with Gasteiger partial charge in [-0.3, -0.25) is 4.99 Å². The molecule has 178 valence electrons. The van der Waals surface area contributed by atoms with Gasteiger partial charge < -0.3 is 15.8 Å². The average molecular weight is 492 g/mol. The molecule has 8 nitrogen and oxygen atoms in total. The quantitative estimate of drug-likeness (QED) is 0.215. The van der Waals surface area contributed by atoms with Gasteiger partial charge in [0, 0.05) is 25.2 Å². The number of nitrogens with zero attached hydrogens (tertiary/aromatic N) is 5. The Hall–Kier alpha value is -4.24. The Morgan fingerprint density at radius 1 is 1.17 bits per heavy atom. The molecule has 0 aliphatic heterocycles. The highest BCUT2D eigenvalue weighted by Gasteiger charge is 2.09. The largest absolute Gasteiger partial charge is 0.487 e. The first-order valence-electron chi connectivity index (χ1n) is 10.6. The molecule has 3 N–H and O–H groups in total. The van der Waals surface area contributed by atoms with Crippen molar-refractivity contribution in [3.63, 3.8) is 0 Å². The standard InChI is InChI=1S/C25H23ClFN7O/c1-29-25(28)34(2)32-13-16-6-8-22-20(11-16)24(31-15-30-22)33-19-7-9-23(21(26)12-19)35-14-17-4-3-5-18(27)10-17/h3-13,15H,14H2,1-2H3,(H2,28,29)(H,30,31,33). The predicted octanol–water partition coefficient (Wildman–Crippen LogP) is 4.96. The van der Waals surface area contributed by atoms with Crippen LogP contribution in [0.15, 0.2) is 77.1 Å². The van der Waals surface area contributed by atoms with Crippen LogP contribution in [-0.4, -0.2) is 41.2 Å². The monoisotopic (exact) mass is 491 g/mol. The lowest BCUT2D eigenvalue weighted by Gasteiger charge is -2.12. The minimum Gasteiger partial charge on any atom is -0.487 e. The summed E-state index contributed by atoms with van der Waals surface area (Å²) in [7, 11) is 3.31. The first kappa shape index (κ1) is 23.9. The van der Waals surface area contributed by atoms with Crippen LogP contribution in [0.25, 0.3) is 10.9 Å². The Morgan fingerprint density at radius 2 is 2.03 bits per heavy atom. The Bertz CT molecular complexity index is 1410. The second-order valence-electron chi connectivity index (χ2n) is 7.54. The van der Waals surface area contributed by atoms with E-state index in [0.717, 1.165) is 22.2 Å². The van der Waals surface area contributed by atoms with Crippen molar-refractivity contribution in [2.24, 2.45) is 15.8 Å². The molecule has 0 atom stereocenters. The number of hydrazone groups is 1. The van der Waals surface area contributed by atoms with E-state index in [2.05, 4.69) is 25.4 Å². The summed E-state index contributed by atoms with van der Waals surface area (Å²) in [5, 5.41) is 10.3. The number of halogens is 2. The van der Waals surface area contributed by atoms with E-state index in [1.807, 2.05) is 24.3 Å². The summed E-state index contributed by atoms with van der Waals surface area (Å²) < 4.78 is 19.1. The molecule has 0 spiro atoms. The molecule has 0 saturated carbocycles. The number of aromatic nitrogens is 2. The Balaban J connectivity index is 1.52. The van der Waals surface area contributed by atoms with Crippen molar-refractivity contribution >= 4 is 46.2 Å². The van der Waals surface area contributed by atoms with Gasteiger partial charge in [-0.05, 0) is 53.6 Å². The van der Waals surface area contributed by atoms with Gasteiger partial charge in [0.05, 0.1) is 16.8 Å². The number of anilines is 2. The molecule has 0 radical (unpaired) electrons. The first-order valence-corrected chi connectivity index (χ1v) is 11.0. The molecule has 0 saturated heterocycles. The third-order valence-corrected chi connectivity index (χ3v) is 5.37. The third kappa shape index (κ3) is 6.01. The van der Waals surface area contributed by atoms with E-state index in [9.17, 15) is 4.39 Å². The van der Waals surface area contributed by atoms with Gasteiger partial charge in [-0.2, -0.15) is 5.10 Å². The molecule has 0 bridgehead atoms. The van der Waals surface area contributed by atoms with Gasteiger partial charge >= 0.3 is 0 Å². The van der Waals surface area contributed by atoms with Crippen molar-refractivity contribution in [3.8, 4) is 5.75 Å². The maximum atomic E-state index is 13.4. The summed E-state index contributed by atoms with van der Waals surface area (Å²) in [4.78, 5) is 12.6. The van der Waals surface area contributed by atoms with Crippen LogP contribution in [0.1, 0.15) is 11.1 Å². The number of rotatable bonds is 7. The zero-order valence-corrected chi connectivity index (χ0v) is 19.9. The van der Waals surface area contributed by atoms with Gasteiger partial charge in [-0.25, -0.2) is 19.4 Å². The highest BCUT2D eigenvalue weighted by molar-refractivity contribution is 6.32. The van der Waals surface area contributed by atoms with Crippen LogP contribution in [0.3, 0.4) is 0 Å². The van der Waals surface area contributed by atoms with Crippen molar-refractivity contribution in [1.82, 2.24) is 15.0 Å². The van der Waals surface area contributed by atoms with Gasteiger partial charge in [0.25, 0.3) is 0 Å². The fourth-order valence-corrected chi connectivity index (χ4v) is 3.47. The molecule has 4 aromatic rings. The molecule has 1 heterocycles. The molecule has 0 fully saturated rings.